The van der Waals surface area contributed by atoms with Crippen LogP contribution in [0.25, 0.3) is 27.1 Å². The molecule has 0 aliphatic carbocycles. The van der Waals surface area contributed by atoms with Crippen molar-refractivity contribution >= 4 is 38.8 Å². The van der Waals surface area contributed by atoms with E-state index in [0.717, 1.165) is 32.9 Å². The van der Waals surface area contributed by atoms with Crippen LogP contribution in [0, 0.1) is 0 Å². The fourth-order valence-corrected chi connectivity index (χ4v) is 4.06. The highest BCUT2D eigenvalue weighted by Gasteiger charge is 2.16. The normalized spacial score (nSPS) is 11.1. The molecule has 0 atom stereocenters. The number of nitrogens with one attached hydrogen (secondary N) is 1. The van der Waals surface area contributed by atoms with Gasteiger partial charge < -0.3 is 10.1 Å². The third-order valence-corrected chi connectivity index (χ3v) is 5.50. The number of hydrogen-bond donors (Lipinski definition) is 1. The lowest BCUT2D eigenvalue weighted by molar-refractivity contribution is 0.102. The number of carbonyl (C=O) groups is 1. The molecule has 6 nitrogen and oxygen atoms in total. The van der Waals surface area contributed by atoms with Crippen molar-refractivity contribution in [3.63, 3.8) is 0 Å². The van der Waals surface area contributed by atoms with Gasteiger partial charge in [0, 0.05) is 22.5 Å². The van der Waals surface area contributed by atoms with Crippen LogP contribution in [0.1, 0.15) is 10.5 Å². The molecule has 0 saturated heterocycles. The van der Waals surface area contributed by atoms with Crippen LogP contribution in [0.4, 0.5) is 5.69 Å². The summed E-state index contributed by atoms with van der Waals surface area (Å²) < 4.78 is 7.10. The molecule has 5 aromatic rings. The summed E-state index contributed by atoms with van der Waals surface area (Å²) in [4.78, 5) is 22.7. The first kappa shape index (κ1) is 17.4. The van der Waals surface area contributed by atoms with Crippen molar-refractivity contribution in [1.82, 2.24) is 14.4 Å². The van der Waals surface area contributed by atoms with E-state index in [2.05, 4.69) is 15.3 Å². The van der Waals surface area contributed by atoms with Gasteiger partial charge in [-0.15, -0.1) is 11.3 Å². The summed E-state index contributed by atoms with van der Waals surface area (Å²) in [7, 11) is 1.63. The Morgan fingerprint density at radius 2 is 2.03 bits per heavy atom. The van der Waals surface area contributed by atoms with Crippen LogP contribution < -0.4 is 10.1 Å². The first-order chi connectivity index (χ1) is 14.2. The number of fused-ring (bicyclic) bond motifs is 2. The first-order valence-corrected chi connectivity index (χ1v) is 9.86. The van der Waals surface area contributed by atoms with E-state index in [1.54, 1.807) is 13.3 Å². The van der Waals surface area contributed by atoms with Gasteiger partial charge in [0.1, 0.15) is 11.4 Å². The molecule has 0 saturated carbocycles. The van der Waals surface area contributed by atoms with E-state index < -0.39 is 0 Å². The Bertz CT molecular complexity index is 1360. The number of hydrogen-bond acceptors (Lipinski definition) is 5. The number of ether oxygens (including phenoxy) is 1. The molecule has 2 aromatic carbocycles. The van der Waals surface area contributed by atoms with E-state index in [1.165, 1.54) is 11.3 Å². The predicted octanol–water partition coefficient (Wildman–Crippen LogP) is 4.87. The first-order valence-electron chi connectivity index (χ1n) is 8.98. The molecule has 0 bridgehead atoms. The van der Waals surface area contributed by atoms with Gasteiger partial charge in [0.2, 0.25) is 0 Å². The zero-order valence-electron chi connectivity index (χ0n) is 15.5. The van der Waals surface area contributed by atoms with Gasteiger partial charge in [-0.3, -0.25) is 14.2 Å². The Kier molecular flexibility index (Phi) is 4.22. The lowest BCUT2D eigenvalue weighted by Crippen LogP contribution is -2.14. The number of pyridine rings is 1. The molecule has 0 fully saturated rings. The van der Waals surface area contributed by atoms with Crippen LogP contribution in [0.3, 0.4) is 0 Å². The molecule has 1 N–H and O–H groups in total. The number of benzene rings is 2. The van der Waals surface area contributed by atoms with Crippen molar-refractivity contribution in [3.05, 3.63) is 78.1 Å². The van der Waals surface area contributed by atoms with Crippen molar-refractivity contribution in [1.29, 1.82) is 0 Å². The Morgan fingerprint density at radius 3 is 2.93 bits per heavy atom. The van der Waals surface area contributed by atoms with E-state index in [0.29, 0.717) is 11.4 Å². The van der Waals surface area contributed by atoms with E-state index >= 15 is 0 Å². The lowest BCUT2D eigenvalue weighted by Gasteiger charge is -2.05. The Morgan fingerprint density at radius 1 is 1.14 bits per heavy atom. The second kappa shape index (κ2) is 7.03. The van der Waals surface area contributed by atoms with E-state index in [4.69, 9.17) is 4.74 Å². The Balaban J connectivity index is 1.46. The Hall–Kier alpha value is -3.71. The molecule has 0 aliphatic rings. The number of thiazole rings is 1. The maximum atomic E-state index is 12.9. The van der Waals surface area contributed by atoms with Crippen LogP contribution in [0.5, 0.6) is 5.75 Å². The molecule has 3 aromatic heterocycles. The van der Waals surface area contributed by atoms with Crippen LogP contribution >= 0.6 is 11.3 Å². The minimum absolute atomic E-state index is 0.206. The van der Waals surface area contributed by atoms with E-state index in [9.17, 15) is 4.79 Å². The molecule has 7 heteroatoms. The highest BCUT2D eigenvalue weighted by atomic mass is 32.1. The van der Waals surface area contributed by atoms with Gasteiger partial charge in [-0.2, -0.15) is 0 Å². The summed E-state index contributed by atoms with van der Waals surface area (Å²) in [5.41, 5.74) is 3.80. The summed E-state index contributed by atoms with van der Waals surface area (Å²) in [6.07, 6.45) is 3.54. The summed E-state index contributed by atoms with van der Waals surface area (Å²) in [5, 5.41) is 5.72. The lowest BCUT2D eigenvalue weighted by atomic mass is 10.1. The van der Waals surface area contributed by atoms with Gasteiger partial charge in [-0.25, -0.2) is 4.98 Å². The number of carbonyl (C=O) groups excluding carboxylic acids is 1. The molecular weight excluding hydrogens is 384 g/mol. The average molecular weight is 400 g/mol. The SMILES string of the molecule is COc1cccc(-c2cn3c(C(=O)Nc4cnc5ccccc5c4)csc3n2)c1. The standard InChI is InChI=1S/C22H16N4O2S/c1-28-17-7-4-6-15(10-17)19-12-26-20(13-29-22(26)25-19)21(27)24-16-9-14-5-2-3-8-18(14)23-11-16/h2-13H,1H3,(H,24,27). The number of aromatic nitrogens is 3. The smallest absolute Gasteiger partial charge is 0.273 e. The topological polar surface area (TPSA) is 68.5 Å². The molecule has 5 rings (SSSR count). The Labute approximate surface area is 170 Å². The van der Waals surface area contributed by atoms with Crippen LogP contribution in [0.2, 0.25) is 0 Å². The third-order valence-electron chi connectivity index (χ3n) is 4.66. The van der Waals surface area contributed by atoms with Gasteiger partial charge in [0.15, 0.2) is 4.96 Å². The van der Waals surface area contributed by atoms with Gasteiger partial charge in [-0.1, -0.05) is 30.3 Å². The van der Waals surface area contributed by atoms with Gasteiger partial charge in [0.25, 0.3) is 5.91 Å². The minimum atomic E-state index is -0.206. The number of para-hydroxylation sites is 1. The van der Waals surface area contributed by atoms with Crippen molar-refractivity contribution in [2.24, 2.45) is 0 Å². The quantitative estimate of drug-likeness (QED) is 0.467. The molecular formula is C22H16N4O2S. The van der Waals surface area contributed by atoms with Gasteiger partial charge in [-0.05, 0) is 24.3 Å². The zero-order valence-corrected chi connectivity index (χ0v) is 16.3. The second-order valence-electron chi connectivity index (χ2n) is 6.50. The maximum Gasteiger partial charge on any atom is 0.273 e. The fraction of sp³-hybridized carbons (Fsp3) is 0.0455. The maximum absolute atomic E-state index is 12.9. The summed E-state index contributed by atoms with van der Waals surface area (Å²) in [5.74, 6) is 0.559. The number of rotatable bonds is 4. The van der Waals surface area contributed by atoms with Crippen LogP contribution in [-0.2, 0) is 0 Å². The summed E-state index contributed by atoms with van der Waals surface area (Å²) >= 11 is 1.42. The molecule has 0 aliphatic heterocycles. The zero-order chi connectivity index (χ0) is 19.8. The van der Waals surface area contributed by atoms with Gasteiger partial charge in [0.05, 0.1) is 30.2 Å². The predicted molar refractivity (Wildman–Crippen MR) is 115 cm³/mol. The van der Waals surface area contributed by atoms with Crippen molar-refractivity contribution in [2.75, 3.05) is 12.4 Å². The highest BCUT2D eigenvalue weighted by molar-refractivity contribution is 7.15. The second-order valence-corrected chi connectivity index (χ2v) is 7.34. The molecule has 29 heavy (non-hydrogen) atoms. The molecule has 0 radical (unpaired) electrons. The van der Waals surface area contributed by atoms with Crippen LogP contribution in [0.15, 0.2) is 72.4 Å². The average Bonchev–Trinajstić information content (AvgIpc) is 3.34. The van der Waals surface area contributed by atoms with Crippen molar-refractivity contribution < 1.29 is 9.53 Å². The van der Waals surface area contributed by atoms with E-state index in [-0.39, 0.29) is 5.91 Å². The number of methoxy groups -OCH3 is 1. The number of imidazole rings is 1. The monoisotopic (exact) mass is 400 g/mol. The van der Waals surface area contributed by atoms with Gasteiger partial charge >= 0.3 is 0 Å². The number of nitrogens with zero attached hydrogens (tertiary/aromatic N) is 3. The summed E-state index contributed by atoms with van der Waals surface area (Å²) in [6.45, 7) is 0. The minimum Gasteiger partial charge on any atom is -0.497 e. The molecule has 0 unspecified atom stereocenters. The molecule has 1 amide bonds. The molecule has 3 heterocycles. The number of amides is 1. The van der Waals surface area contributed by atoms with Crippen molar-refractivity contribution in [2.45, 2.75) is 0 Å². The van der Waals surface area contributed by atoms with E-state index in [1.807, 2.05) is 70.6 Å². The fourth-order valence-electron chi connectivity index (χ4n) is 3.20. The summed E-state index contributed by atoms with van der Waals surface area (Å²) in [6, 6.07) is 17.4. The molecule has 0 spiro atoms. The molecule has 142 valence electrons. The highest BCUT2D eigenvalue weighted by Crippen LogP contribution is 2.27. The van der Waals surface area contributed by atoms with Crippen LogP contribution in [-0.4, -0.2) is 27.4 Å². The van der Waals surface area contributed by atoms with Crippen molar-refractivity contribution in [3.8, 4) is 17.0 Å². The third kappa shape index (κ3) is 3.21. The largest absolute Gasteiger partial charge is 0.497 e. The number of anilines is 1.